The molecule has 2 rings (SSSR count). The molecule has 0 radical (unpaired) electrons. The topological polar surface area (TPSA) is 17.8 Å². The maximum Gasteiger partial charge on any atom is 0.128 e. The van der Waals surface area contributed by atoms with Gasteiger partial charge in [-0.3, -0.25) is 0 Å². The summed E-state index contributed by atoms with van der Waals surface area (Å²) in [6, 6.07) is 3.69. The highest BCUT2D eigenvalue weighted by Gasteiger charge is 2.19. The molecule has 2 unspecified atom stereocenters. The van der Waals surface area contributed by atoms with Crippen molar-refractivity contribution >= 4 is 22.6 Å². The molecule has 1 aromatic carbocycles. The highest BCUT2D eigenvalue weighted by atomic mass is 35.5. The van der Waals surface area contributed by atoms with Gasteiger partial charge in [0.15, 0.2) is 0 Å². The number of benzene rings is 1. The van der Waals surface area contributed by atoms with Gasteiger partial charge in [0.2, 0.25) is 0 Å². The number of rotatable bonds is 4. The number of hydrogen-bond donors (Lipinski definition) is 0. The fourth-order valence-corrected chi connectivity index (χ4v) is 2.68. The third-order valence-electron chi connectivity index (χ3n) is 3.50. The van der Waals surface area contributed by atoms with E-state index in [0.29, 0.717) is 17.1 Å². The van der Waals surface area contributed by atoms with E-state index in [1.807, 2.05) is 13.0 Å². The first-order valence-electron chi connectivity index (χ1n) is 6.77. The first-order chi connectivity index (χ1) is 8.95. The van der Waals surface area contributed by atoms with Crippen LogP contribution in [0.15, 0.2) is 12.1 Å². The van der Waals surface area contributed by atoms with Crippen molar-refractivity contribution in [3.05, 3.63) is 29.3 Å². The Labute approximate surface area is 118 Å². The Kier molecular flexibility index (Phi) is 4.14. The van der Waals surface area contributed by atoms with E-state index in [0.717, 1.165) is 24.2 Å². The number of aryl methyl sites for hydroxylation is 1. The van der Waals surface area contributed by atoms with Crippen LogP contribution in [0.1, 0.15) is 56.4 Å². The van der Waals surface area contributed by atoms with Crippen LogP contribution >= 0.6 is 11.6 Å². The van der Waals surface area contributed by atoms with Gasteiger partial charge in [-0.2, -0.15) is 0 Å². The van der Waals surface area contributed by atoms with Crippen LogP contribution in [-0.2, 0) is 0 Å². The van der Waals surface area contributed by atoms with E-state index in [1.165, 1.54) is 6.07 Å². The van der Waals surface area contributed by atoms with E-state index in [-0.39, 0.29) is 11.2 Å². The second kappa shape index (κ2) is 5.49. The summed E-state index contributed by atoms with van der Waals surface area (Å²) in [6.45, 7) is 8.00. The quantitative estimate of drug-likeness (QED) is 0.710. The molecule has 2 nitrogen and oxygen atoms in total. The molecule has 0 amide bonds. The zero-order chi connectivity index (χ0) is 14.2. The fraction of sp³-hybridized carbons (Fsp3) is 0.533. The molecule has 1 heterocycles. The number of nitrogens with zero attached hydrogens (tertiary/aromatic N) is 2. The van der Waals surface area contributed by atoms with Crippen molar-refractivity contribution in [3.63, 3.8) is 0 Å². The van der Waals surface area contributed by atoms with Crippen LogP contribution in [-0.4, -0.2) is 9.55 Å². The minimum Gasteiger partial charge on any atom is -0.324 e. The molecule has 19 heavy (non-hydrogen) atoms. The maximum atomic E-state index is 13.7. The van der Waals surface area contributed by atoms with Gasteiger partial charge in [-0.05, 0) is 38.8 Å². The molecule has 0 saturated carbocycles. The van der Waals surface area contributed by atoms with Crippen molar-refractivity contribution in [2.75, 3.05) is 0 Å². The average Bonchev–Trinajstić information content (AvgIpc) is 2.69. The highest BCUT2D eigenvalue weighted by Crippen LogP contribution is 2.30. The second-order valence-electron chi connectivity index (χ2n) is 5.18. The number of alkyl halides is 1. The smallest absolute Gasteiger partial charge is 0.128 e. The number of fused-ring (bicyclic) bond motifs is 1. The van der Waals surface area contributed by atoms with Crippen molar-refractivity contribution < 1.29 is 4.39 Å². The lowest BCUT2D eigenvalue weighted by Gasteiger charge is -2.18. The van der Waals surface area contributed by atoms with Gasteiger partial charge < -0.3 is 4.57 Å². The molecule has 0 fully saturated rings. The first kappa shape index (κ1) is 14.3. The van der Waals surface area contributed by atoms with Gasteiger partial charge in [0.05, 0.1) is 16.4 Å². The minimum atomic E-state index is -0.214. The van der Waals surface area contributed by atoms with Crippen LogP contribution < -0.4 is 0 Å². The molecule has 4 heteroatoms. The molecular formula is C15H20ClFN2. The van der Waals surface area contributed by atoms with Gasteiger partial charge in [-0.15, -0.1) is 11.6 Å². The van der Waals surface area contributed by atoms with Gasteiger partial charge in [-0.1, -0.05) is 13.3 Å². The molecule has 0 aliphatic heterocycles. The predicted octanol–water partition coefficient (Wildman–Crippen LogP) is 5.14. The van der Waals surface area contributed by atoms with Crippen molar-refractivity contribution in [2.45, 2.75) is 52.0 Å². The van der Waals surface area contributed by atoms with Gasteiger partial charge in [0.1, 0.15) is 11.6 Å². The van der Waals surface area contributed by atoms with Crippen LogP contribution in [0.3, 0.4) is 0 Å². The van der Waals surface area contributed by atoms with Crippen molar-refractivity contribution in [1.29, 1.82) is 0 Å². The van der Waals surface area contributed by atoms with E-state index in [9.17, 15) is 4.39 Å². The number of aromatic nitrogens is 2. The lowest BCUT2D eigenvalue weighted by Crippen LogP contribution is -2.09. The van der Waals surface area contributed by atoms with Crippen molar-refractivity contribution in [1.82, 2.24) is 9.55 Å². The molecule has 0 aliphatic carbocycles. The van der Waals surface area contributed by atoms with E-state index in [1.54, 1.807) is 6.92 Å². The summed E-state index contributed by atoms with van der Waals surface area (Å²) in [4.78, 5) is 4.51. The Morgan fingerprint density at radius 3 is 2.63 bits per heavy atom. The van der Waals surface area contributed by atoms with E-state index >= 15 is 0 Å². The zero-order valence-corrected chi connectivity index (χ0v) is 12.6. The summed E-state index contributed by atoms with van der Waals surface area (Å²) >= 11 is 6.23. The second-order valence-corrected chi connectivity index (χ2v) is 5.84. The summed E-state index contributed by atoms with van der Waals surface area (Å²) in [5, 5.41) is -0.185. The van der Waals surface area contributed by atoms with Crippen LogP contribution in [0.4, 0.5) is 4.39 Å². The molecule has 0 aliphatic rings. The third-order valence-corrected chi connectivity index (χ3v) is 3.70. The SMILES string of the molecule is CCCC(C)n1c(C(C)Cl)nc2cc(F)c(C)cc21. The van der Waals surface area contributed by atoms with Crippen LogP contribution in [0.2, 0.25) is 0 Å². The Balaban J connectivity index is 2.69. The molecule has 1 aromatic heterocycles. The monoisotopic (exact) mass is 282 g/mol. The molecule has 2 aromatic rings. The molecule has 0 spiro atoms. The average molecular weight is 283 g/mol. The van der Waals surface area contributed by atoms with Gasteiger partial charge >= 0.3 is 0 Å². The predicted molar refractivity (Wildman–Crippen MR) is 78.3 cm³/mol. The number of halogens is 2. The maximum absolute atomic E-state index is 13.7. The van der Waals surface area contributed by atoms with Gasteiger partial charge in [-0.25, -0.2) is 9.37 Å². The van der Waals surface area contributed by atoms with Gasteiger partial charge in [0.25, 0.3) is 0 Å². The molecule has 104 valence electrons. The standard InChI is InChI=1S/C15H20ClFN2/c1-5-6-10(3)19-14-7-9(2)12(17)8-13(14)18-15(19)11(4)16/h7-8,10-11H,5-6H2,1-4H3. The molecule has 0 N–H and O–H groups in total. The Morgan fingerprint density at radius 2 is 2.05 bits per heavy atom. The Morgan fingerprint density at radius 1 is 1.37 bits per heavy atom. The Hall–Kier alpha value is -1.09. The van der Waals surface area contributed by atoms with E-state index in [2.05, 4.69) is 23.4 Å². The zero-order valence-electron chi connectivity index (χ0n) is 11.9. The van der Waals surface area contributed by atoms with Crippen LogP contribution in [0.5, 0.6) is 0 Å². The largest absolute Gasteiger partial charge is 0.324 e. The summed E-state index contributed by atoms with van der Waals surface area (Å²) < 4.78 is 15.8. The molecule has 2 atom stereocenters. The lowest BCUT2D eigenvalue weighted by molar-refractivity contribution is 0.494. The summed E-state index contributed by atoms with van der Waals surface area (Å²) in [5.41, 5.74) is 2.31. The third kappa shape index (κ3) is 2.62. The molecular weight excluding hydrogens is 263 g/mol. The van der Waals surface area contributed by atoms with E-state index < -0.39 is 0 Å². The summed E-state index contributed by atoms with van der Waals surface area (Å²) in [5.74, 6) is 0.608. The minimum absolute atomic E-state index is 0.185. The molecule has 0 bridgehead atoms. The fourth-order valence-electron chi connectivity index (χ4n) is 2.53. The number of hydrogen-bond acceptors (Lipinski definition) is 1. The van der Waals surface area contributed by atoms with Gasteiger partial charge in [0, 0.05) is 12.1 Å². The first-order valence-corrected chi connectivity index (χ1v) is 7.21. The normalized spacial score (nSPS) is 14.8. The lowest BCUT2D eigenvalue weighted by atomic mass is 10.1. The summed E-state index contributed by atoms with van der Waals surface area (Å²) in [6.07, 6.45) is 2.15. The van der Waals surface area contributed by atoms with Crippen molar-refractivity contribution in [3.8, 4) is 0 Å². The van der Waals surface area contributed by atoms with E-state index in [4.69, 9.17) is 11.6 Å². The Bertz CT molecular complexity index is 589. The van der Waals surface area contributed by atoms with Crippen LogP contribution in [0, 0.1) is 12.7 Å². The van der Waals surface area contributed by atoms with Crippen LogP contribution in [0.25, 0.3) is 11.0 Å². The highest BCUT2D eigenvalue weighted by molar-refractivity contribution is 6.20. The number of imidazole rings is 1. The van der Waals surface area contributed by atoms with Crippen molar-refractivity contribution in [2.24, 2.45) is 0 Å². The summed E-state index contributed by atoms with van der Waals surface area (Å²) in [7, 11) is 0. The molecule has 0 saturated heterocycles.